The van der Waals surface area contributed by atoms with Gasteiger partial charge in [0.05, 0.1) is 34.9 Å². The molecule has 5 aromatic rings. The fraction of sp³-hybridized carbons (Fsp3) is 0.195. The second-order valence-corrected chi connectivity index (χ2v) is 13.8. The Bertz CT molecular complexity index is 2220. The smallest absolute Gasteiger partial charge is 0.338 e. The zero-order chi connectivity index (χ0) is 39.5. The minimum Gasteiger partial charge on any atom is -0.462 e. The summed E-state index contributed by atoms with van der Waals surface area (Å²) < 4.78 is 40.0. The predicted octanol–water partition coefficient (Wildman–Crippen LogP) is 6.58. The number of hydrogen-bond donors (Lipinski definition) is 2. The quantitative estimate of drug-likeness (QED) is 0.0518. The third-order valence-corrected chi connectivity index (χ3v) is 10.4. The molecule has 0 fully saturated rings. The van der Waals surface area contributed by atoms with Crippen molar-refractivity contribution in [3.63, 3.8) is 0 Å². The van der Waals surface area contributed by atoms with Crippen LogP contribution in [0.25, 0.3) is 23.0 Å². The zero-order valence-electron chi connectivity index (χ0n) is 30.8. The van der Waals surface area contributed by atoms with E-state index in [1.807, 2.05) is 30.3 Å². The van der Waals surface area contributed by atoms with Crippen LogP contribution < -0.4 is 10.6 Å². The Kier molecular flexibility index (Phi) is 13.1. The maximum absolute atomic E-state index is 14.0. The molecule has 284 valence electrons. The average molecular weight is 764 g/mol. The summed E-state index contributed by atoms with van der Waals surface area (Å²) in [4.78, 5) is 52.5. The maximum Gasteiger partial charge on any atom is 0.338 e. The molecule has 0 aliphatic rings. The number of carbonyl (C=O) groups is 4. The van der Waals surface area contributed by atoms with Crippen molar-refractivity contribution in [2.45, 2.75) is 32.6 Å². The lowest BCUT2D eigenvalue weighted by molar-refractivity contribution is -0.118. The third-order valence-electron chi connectivity index (χ3n) is 8.31. The number of rotatable bonds is 15. The van der Waals surface area contributed by atoms with Gasteiger partial charge in [0.2, 0.25) is 10.0 Å². The van der Waals surface area contributed by atoms with Crippen molar-refractivity contribution in [3.05, 3.63) is 132 Å². The van der Waals surface area contributed by atoms with Crippen molar-refractivity contribution < 1.29 is 37.1 Å². The Hall–Kier alpha value is -6.38. The lowest BCUT2D eigenvalue weighted by Gasteiger charge is -2.18. The number of para-hydroxylation sites is 1. The maximum atomic E-state index is 14.0. The van der Waals surface area contributed by atoms with Crippen molar-refractivity contribution in [3.8, 4) is 16.9 Å². The number of esters is 2. The van der Waals surface area contributed by atoms with E-state index in [2.05, 4.69) is 10.6 Å². The van der Waals surface area contributed by atoms with Gasteiger partial charge in [-0.15, -0.1) is 0 Å². The standard InChI is InChI=1S/C41H41N5O8S/c1-5-45(6-2)55(51,52)35-16-12-13-30(25-35)37-31(27-46(44-37)34-14-10-9-11-15-34)26-36(38(47)42-32-21-17-28(18-22-32)40(49)53-7-3)39(48)43-33-23-19-29(20-24-33)41(50)54-8-4/h9-27H,5-8H2,1-4H3,(H,42,47)(H,43,48). The fourth-order valence-electron chi connectivity index (χ4n) is 5.54. The van der Waals surface area contributed by atoms with Gasteiger partial charge in [-0.1, -0.05) is 44.2 Å². The van der Waals surface area contributed by atoms with Crippen molar-refractivity contribution >= 4 is 51.2 Å². The van der Waals surface area contributed by atoms with Crippen LogP contribution in [0.3, 0.4) is 0 Å². The number of ether oxygens (including phenoxy) is 2. The Balaban J connectivity index is 1.61. The lowest BCUT2D eigenvalue weighted by atomic mass is 10.0. The van der Waals surface area contributed by atoms with E-state index in [0.29, 0.717) is 33.9 Å². The zero-order valence-corrected chi connectivity index (χ0v) is 31.6. The molecule has 5 rings (SSSR count). The lowest BCUT2D eigenvalue weighted by Crippen LogP contribution is -2.30. The van der Waals surface area contributed by atoms with Crippen molar-refractivity contribution in [1.29, 1.82) is 0 Å². The van der Waals surface area contributed by atoms with Crippen LogP contribution in [-0.2, 0) is 29.1 Å². The van der Waals surface area contributed by atoms with Crippen LogP contribution >= 0.6 is 0 Å². The molecule has 2 N–H and O–H groups in total. The number of anilines is 2. The summed E-state index contributed by atoms with van der Waals surface area (Å²) in [5.74, 6) is -2.63. The van der Waals surface area contributed by atoms with Gasteiger partial charge in [0.25, 0.3) is 11.8 Å². The van der Waals surface area contributed by atoms with E-state index in [1.165, 1.54) is 71.0 Å². The van der Waals surface area contributed by atoms with E-state index in [-0.39, 0.29) is 47.9 Å². The molecule has 14 heteroatoms. The highest BCUT2D eigenvalue weighted by Crippen LogP contribution is 2.29. The SMILES string of the molecule is CCOC(=O)c1ccc(NC(=O)C(=Cc2cn(-c3ccccc3)nc2-c2cccc(S(=O)(=O)N(CC)CC)c2)C(=O)Nc2ccc(C(=O)OCC)cc2)cc1. The van der Waals surface area contributed by atoms with Crippen LogP contribution in [0.5, 0.6) is 0 Å². The van der Waals surface area contributed by atoms with Crippen LogP contribution in [0.15, 0.2) is 120 Å². The Morgan fingerprint density at radius 3 is 1.73 bits per heavy atom. The van der Waals surface area contributed by atoms with Crippen molar-refractivity contribution in [2.75, 3.05) is 36.9 Å². The molecule has 0 aliphatic heterocycles. The first-order valence-corrected chi connectivity index (χ1v) is 19.1. The van der Waals surface area contributed by atoms with Gasteiger partial charge in [0, 0.05) is 41.8 Å². The third kappa shape index (κ3) is 9.60. The Labute approximate surface area is 319 Å². The van der Waals surface area contributed by atoms with Crippen LogP contribution in [0, 0.1) is 0 Å². The van der Waals surface area contributed by atoms with E-state index in [4.69, 9.17) is 14.6 Å². The number of aromatic nitrogens is 2. The van der Waals surface area contributed by atoms with E-state index < -0.39 is 33.8 Å². The molecule has 0 saturated heterocycles. The average Bonchev–Trinajstić information content (AvgIpc) is 3.62. The number of benzene rings is 4. The number of sulfonamides is 1. The molecule has 0 bridgehead atoms. The van der Waals surface area contributed by atoms with Gasteiger partial charge in [-0.2, -0.15) is 9.40 Å². The van der Waals surface area contributed by atoms with Gasteiger partial charge in [0.15, 0.2) is 0 Å². The molecule has 0 spiro atoms. The highest BCUT2D eigenvalue weighted by Gasteiger charge is 2.25. The van der Waals surface area contributed by atoms with Gasteiger partial charge in [-0.05, 0) is 92.7 Å². The van der Waals surface area contributed by atoms with Gasteiger partial charge < -0.3 is 20.1 Å². The first-order valence-electron chi connectivity index (χ1n) is 17.6. The fourth-order valence-corrected chi connectivity index (χ4v) is 7.05. The van der Waals surface area contributed by atoms with Gasteiger partial charge in [-0.25, -0.2) is 22.7 Å². The second kappa shape index (κ2) is 18.1. The predicted molar refractivity (Wildman–Crippen MR) is 209 cm³/mol. The Morgan fingerprint density at radius 2 is 1.24 bits per heavy atom. The van der Waals surface area contributed by atoms with Crippen LogP contribution in [0.2, 0.25) is 0 Å². The summed E-state index contributed by atoms with van der Waals surface area (Å²) in [6.45, 7) is 7.87. The first kappa shape index (κ1) is 39.8. The van der Waals surface area contributed by atoms with Crippen molar-refractivity contribution in [2.24, 2.45) is 0 Å². The highest BCUT2D eigenvalue weighted by molar-refractivity contribution is 7.89. The molecule has 4 aromatic carbocycles. The molecular formula is C41H41N5O8S. The molecule has 1 heterocycles. The minimum absolute atomic E-state index is 0.0612. The summed E-state index contributed by atoms with van der Waals surface area (Å²) in [6.07, 6.45) is 3.01. The molecule has 0 atom stereocenters. The van der Waals surface area contributed by atoms with E-state index in [9.17, 15) is 27.6 Å². The molecule has 2 amide bonds. The number of hydrogen-bond acceptors (Lipinski definition) is 9. The molecule has 0 radical (unpaired) electrons. The largest absolute Gasteiger partial charge is 0.462 e. The molecule has 1 aromatic heterocycles. The highest BCUT2D eigenvalue weighted by atomic mass is 32.2. The molecule has 0 saturated carbocycles. The van der Waals surface area contributed by atoms with E-state index >= 15 is 0 Å². The van der Waals surface area contributed by atoms with Gasteiger partial charge in [0.1, 0.15) is 11.3 Å². The summed E-state index contributed by atoms with van der Waals surface area (Å²) in [5, 5.41) is 10.2. The molecule has 0 aliphatic carbocycles. The molecule has 0 unspecified atom stereocenters. The van der Waals surface area contributed by atoms with Crippen LogP contribution in [0.1, 0.15) is 54.0 Å². The first-order chi connectivity index (χ1) is 26.5. The topological polar surface area (TPSA) is 166 Å². The molecule has 13 nitrogen and oxygen atoms in total. The molecule has 55 heavy (non-hydrogen) atoms. The van der Waals surface area contributed by atoms with Crippen LogP contribution in [-0.4, -0.2) is 72.6 Å². The normalized spacial score (nSPS) is 11.1. The second-order valence-electron chi connectivity index (χ2n) is 11.9. The number of carbonyl (C=O) groups excluding carboxylic acids is 4. The minimum atomic E-state index is -3.84. The molecular weight excluding hydrogens is 723 g/mol. The van der Waals surface area contributed by atoms with E-state index in [1.54, 1.807) is 50.7 Å². The summed E-state index contributed by atoms with van der Waals surface area (Å²) in [6, 6.07) is 27.5. The van der Waals surface area contributed by atoms with Crippen molar-refractivity contribution in [1.82, 2.24) is 14.1 Å². The monoisotopic (exact) mass is 763 g/mol. The number of nitrogens with zero attached hydrogens (tertiary/aromatic N) is 3. The number of amides is 2. The van der Waals surface area contributed by atoms with E-state index in [0.717, 1.165) is 0 Å². The summed E-state index contributed by atoms with van der Waals surface area (Å²) in [5.41, 5.74) is 2.56. The number of nitrogens with one attached hydrogen (secondary N) is 2. The summed E-state index contributed by atoms with van der Waals surface area (Å²) in [7, 11) is -3.84. The van der Waals surface area contributed by atoms with Gasteiger partial charge in [-0.3, -0.25) is 9.59 Å². The summed E-state index contributed by atoms with van der Waals surface area (Å²) >= 11 is 0. The van der Waals surface area contributed by atoms with Crippen LogP contribution in [0.4, 0.5) is 11.4 Å². The van der Waals surface area contributed by atoms with Gasteiger partial charge >= 0.3 is 11.9 Å². The Morgan fingerprint density at radius 1 is 0.709 bits per heavy atom.